The third kappa shape index (κ3) is 19.7. The van der Waals surface area contributed by atoms with E-state index in [1.54, 1.807) is 42.5 Å². The van der Waals surface area contributed by atoms with E-state index in [0.717, 1.165) is 30.3 Å². The van der Waals surface area contributed by atoms with E-state index in [4.69, 9.17) is 70.7 Å². The summed E-state index contributed by atoms with van der Waals surface area (Å²) in [5, 5.41) is 19.6. The minimum atomic E-state index is -4.57. The number of nitrogen functional groups attached to an aromatic ring is 1. The Morgan fingerprint density at radius 2 is 1.24 bits per heavy atom. The van der Waals surface area contributed by atoms with Gasteiger partial charge < -0.3 is 41.1 Å². The Hall–Kier alpha value is -1.83. The zero-order chi connectivity index (χ0) is 48.2. The number of nitrogens with two attached hydrogens (primary N) is 1. The molecule has 0 fully saturated rings. The molecule has 0 atom stereocenters. The second kappa shape index (κ2) is 32.2. The van der Waals surface area contributed by atoms with E-state index in [-0.39, 0.29) is 168 Å². The van der Waals surface area contributed by atoms with Gasteiger partial charge in [0.2, 0.25) is 0 Å². The van der Waals surface area contributed by atoms with Crippen molar-refractivity contribution >= 4 is 90.3 Å². The Bertz CT molecular complexity index is 2580. The Morgan fingerprint density at radius 3 is 1.63 bits per heavy atom. The summed E-state index contributed by atoms with van der Waals surface area (Å²) in [4.78, 5) is 17.8. The van der Waals surface area contributed by atoms with Crippen molar-refractivity contribution in [2.24, 2.45) is 0 Å². The molecule has 4 aromatic carbocycles. The van der Waals surface area contributed by atoms with E-state index in [0.29, 0.717) is 88.8 Å². The molecule has 6 aromatic rings. The molecule has 350 valence electrons. The molecular weight excluding hydrogens is 1240 g/mol. The van der Waals surface area contributed by atoms with Crippen LogP contribution in [0.3, 0.4) is 0 Å². The number of alkyl halides is 7. The van der Waals surface area contributed by atoms with Gasteiger partial charge in [0.05, 0.1) is 52.9 Å². The van der Waals surface area contributed by atoms with Crippen LogP contribution in [0.25, 0.3) is 31.6 Å². The van der Waals surface area contributed by atoms with Gasteiger partial charge in [-0.3, -0.25) is 4.79 Å². The summed E-state index contributed by atoms with van der Waals surface area (Å²) in [6, 6.07) is 15.6. The molecule has 6 rings (SSSR count). The maximum absolute atomic E-state index is 13.1. The van der Waals surface area contributed by atoms with Crippen molar-refractivity contribution < 1.29 is 199 Å². The number of nitrogens with zero attached hydrogens (tertiary/aromatic N) is 4. The van der Waals surface area contributed by atoms with Crippen molar-refractivity contribution in [2.75, 3.05) is 36.1 Å². The molecule has 0 aliphatic heterocycles. The Morgan fingerprint density at radius 1 is 0.791 bits per heavy atom. The van der Waals surface area contributed by atoms with E-state index in [2.05, 4.69) is 46.1 Å². The molecule has 0 aliphatic rings. The van der Waals surface area contributed by atoms with Crippen molar-refractivity contribution in [2.45, 2.75) is 64.7 Å². The van der Waals surface area contributed by atoms with Crippen molar-refractivity contribution in [1.82, 2.24) is 10.3 Å². The fourth-order valence-electron chi connectivity index (χ4n) is 5.75. The minimum Gasteiger partial charge on any atom is -1.00 e. The van der Waals surface area contributed by atoms with Gasteiger partial charge in [-0.15, -0.1) is 0 Å². The topological polar surface area (TPSA) is 167 Å². The zero-order valence-electron chi connectivity index (χ0n) is 37.5. The van der Waals surface area contributed by atoms with Crippen LogP contribution in [-0.4, -0.2) is 41.9 Å². The monoisotopic (exact) mass is 1280 g/mol. The first-order valence-electron chi connectivity index (χ1n) is 19.3. The number of carbonyl (C=O) groups excluding carboxylic acids is 1. The maximum Gasteiger partial charge on any atom is 1.00 e. The number of carbonyl (C=O) groups is 1. The van der Waals surface area contributed by atoms with Crippen molar-refractivity contribution in [3.05, 3.63) is 116 Å². The van der Waals surface area contributed by atoms with Crippen LogP contribution in [0.15, 0.2) is 69.7 Å². The number of benzene rings is 4. The van der Waals surface area contributed by atoms with Gasteiger partial charge in [-0.25, -0.2) is 9.69 Å². The van der Waals surface area contributed by atoms with Gasteiger partial charge in [0.1, 0.15) is 11.5 Å². The average Bonchev–Trinajstić information content (AvgIpc) is 3.93. The minimum absolute atomic E-state index is 0. The number of aryl methyl sites for hydroxylation is 2. The molecule has 0 aliphatic carbocycles. The number of hydrogen-bond acceptors (Lipinski definition) is 11. The third-order valence-corrected chi connectivity index (χ3v) is 9.80. The SMILES string of the molecule is CCCc1c(OCCCBr)ccc2c(C(F)(F)F)noc12.O=CO[O-].[C-]#[N+]c1ccc(N)c(Cl)c1.[C-]#[N+]c1ccc(NCCCOc2ccc3c(C(F)(F)F)noc3c2CCC)c(Cl)c1.[Cs+].[Cs+].[H-]. The molecule has 3 N–H and O–H groups in total. The van der Waals surface area contributed by atoms with Gasteiger partial charge in [0.25, 0.3) is 6.47 Å². The molecule has 0 bridgehead atoms. The molecule has 67 heavy (non-hydrogen) atoms. The molecule has 2 heterocycles. The number of halogens is 9. The van der Waals surface area contributed by atoms with Gasteiger partial charge in [-0.05, 0) is 74.2 Å². The molecule has 0 saturated heterocycles. The number of aromatic nitrogens is 2. The predicted octanol–water partition coefficient (Wildman–Crippen LogP) is 6.88. The number of anilines is 2. The molecule has 24 heteroatoms. The van der Waals surface area contributed by atoms with Crippen molar-refractivity contribution in [3.8, 4) is 11.5 Å². The first-order valence-corrected chi connectivity index (χ1v) is 21.2. The van der Waals surface area contributed by atoms with Crippen molar-refractivity contribution in [3.63, 3.8) is 0 Å². The normalized spacial score (nSPS) is 10.5. The summed E-state index contributed by atoms with van der Waals surface area (Å²) < 4.78 is 99.2. The number of rotatable bonds is 15. The summed E-state index contributed by atoms with van der Waals surface area (Å²) in [6.07, 6.45) is -5.06. The van der Waals surface area contributed by atoms with E-state index in [1.807, 2.05) is 13.8 Å². The Labute approximate surface area is 519 Å². The maximum atomic E-state index is 13.1. The van der Waals surface area contributed by atoms with Crippen LogP contribution in [0.5, 0.6) is 11.5 Å². The average molecular weight is 1280 g/mol. The standard InChI is InChI=1S/C21H19ClF3N3O2.C14H15BrF3NO2.C7H5ClN2.CH2O3.2Cs.H/c1-3-5-14-18(9-7-15-19(14)30-28-20(15)21(23,24)25)29-11-4-10-27-17-8-6-13(26-2)12-16(17)22;1-2-4-9-11(20-8-3-7-15)6-5-10-12(9)21-19-13(10)14(16,17)18;1-10-5-2-3-7(9)6(8)4-5;2-1-4-3;;;/h6-9,12,27H,3-5,10-11H2,1H3;5-6H,2-4,7-8H2,1H3;2-4H,9H2;1,3H;;;/q;;;;2*+1;-1/p-1. The Kier molecular flexibility index (Phi) is 30.4. The zero-order valence-corrected chi connectivity index (χ0v) is 52.2. The Balaban J connectivity index is 0.00000102. The van der Waals surface area contributed by atoms with E-state index < -0.39 is 23.7 Å². The van der Waals surface area contributed by atoms with Crippen LogP contribution in [0.4, 0.5) is 49.1 Å². The van der Waals surface area contributed by atoms with Gasteiger partial charge in [-0.1, -0.05) is 88.3 Å². The van der Waals surface area contributed by atoms with E-state index in [1.165, 1.54) is 18.2 Å². The number of fused-ring (bicyclic) bond motifs is 2. The van der Waals surface area contributed by atoms with Gasteiger partial charge in [-0.2, -0.15) is 26.3 Å². The van der Waals surface area contributed by atoms with E-state index >= 15 is 0 Å². The molecule has 0 spiro atoms. The molecular formula is C43H41BrCl2Cs2F6N6O7. The largest absolute Gasteiger partial charge is 1.00 e. The van der Waals surface area contributed by atoms with E-state index in [9.17, 15) is 26.3 Å². The second-order valence-corrected chi connectivity index (χ2v) is 14.8. The summed E-state index contributed by atoms with van der Waals surface area (Å²) >= 11 is 15.1. The number of nitrogens with one attached hydrogen (secondary N) is 1. The van der Waals surface area contributed by atoms with Crippen LogP contribution >= 0.6 is 39.1 Å². The smallest absolute Gasteiger partial charge is 1.00 e. The predicted molar refractivity (Wildman–Crippen MR) is 237 cm³/mol. The summed E-state index contributed by atoms with van der Waals surface area (Å²) in [5.74, 6) is 1.06. The third-order valence-electron chi connectivity index (χ3n) is 8.60. The van der Waals surface area contributed by atoms with Crippen LogP contribution in [0.1, 0.15) is 63.5 Å². The molecule has 0 unspecified atom stereocenters. The van der Waals surface area contributed by atoms with Gasteiger partial charge in [0.15, 0.2) is 33.9 Å². The first kappa shape index (κ1) is 63.2. The summed E-state index contributed by atoms with van der Waals surface area (Å²) in [6.45, 7) is 18.7. The molecule has 0 saturated carbocycles. The quantitative estimate of drug-likeness (QED) is 0.0161. The number of hydrogen-bond donors (Lipinski definition) is 2. The van der Waals surface area contributed by atoms with Crippen LogP contribution < -0.4 is 164 Å². The first-order chi connectivity index (χ1) is 31.0. The molecule has 0 amide bonds. The fraction of sp³-hybridized carbons (Fsp3) is 0.326. The van der Waals surface area contributed by atoms with Crippen LogP contribution in [0, 0.1) is 13.1 Å². The second-order valence-electron chi connectivity index (χ2n) is 13.2. The van der Waals surface area contributed by atoms with Crippen molar-refractivity contribution in [1.29, 1.82) is 0 Å². The van der Waals surface area contributed by atoms with Crippen LogP contribution in [-0.2, 0) is 34.9 Å². The summed E-state index contributed by atoms with van der Waals surface area (Å²) in [5.41, 5.74) is 7.13. The van der Waals surface area contributed by atoms with Gasteiger partial charge in [0, 0.05) is 28.7 Å². The fourth-order valence-corrected chi connectivity index (χ4v) is 6.40. The molecule has 13 nitrogen and oxygen atoms in total. The van der Waals surface area contributed by atoms with Gasteiger partial charge >= 0.3 is 150 Å². The molecule has 0 radical (unpaired) electrons. The molecule has 2 aromatic heterocycles. The number of ether oxygens (including phenoxy) is 2. The summed E-state index contributed by atoms with van der Waals surface area (Å²) in [7, 11) is 0. The van der Waals surface area contributed by atoms with Crippen LogP contribution in [0.2, 0.25) is 10.0 Å².